The Balaban J connectivity index is 1.96. The summed E-state index contributed by atoms with van der Waals surface area (Å²) in [6, 6.07) is 9.79. The third-order valence-corrected chi connectivity index (χ3v) is 6.15. The molecule has 0 spiro atoms. The number of hydrogen-bond acceptors (Lipinski definition) is 7. The summed E-state index contributed by atoms with van der Waals surface area (Å²) >= 11 is 0. The van der Waals surface area contributed by atoms with Crippen LogP contribution >= 0.6 is 0 Å². The predicted molar refractivity (Wildman–Crippen MR) is 134 cm³/mol. The minimum Gasteiger partial charge on any atom is -0.491 e. The van der Waals surface area contributed by atoms with Gasteiger partial charge in [0.2, 0.25) is 5.91 Å². The summed E-state index contributed by atoms with van der Waals surface area (Å²) in [5, 5.41) is 2.72. The van der Waals surface area contributed by atoms with Crippen molar-refractivity contribution in [3.63, 3.8) is 0 Å². The second-order valence-corrected chi connectivity index (χ2v) is 8.96. The number of ether oxygens (including phenoxy) is 3. The Kier molecular flexibility index (Phi) is 9.38. The van der Waals surface area contributed by atoms with Crippen molar-refractivity contribution in [3.05, 3.63) is 53.9 Å². The SMILES string of the molecule is COCC(=O)Nc1ccc2c(c1)C(=O)N(C)C[C@@H](OC)[C@H](C)CN(C(=O)c1ccccn1)[C@@H](C)CO2. The van der Waals surface area contributed by atoms with Crippen LogP contribution in [0.15, 0.2) is 42.6 Å². The lowest BCUT2D eigenvalue weighted by atomic mass is 10.0. The van der Waals surface area contributed by atoms with Crippen LogP contribution in [0.3, 0.4) is 0 Å². The van der Waals surface area contributed by atoms with E-state index in [-0.39, 0.29) is 49.0 Å². The molecule has 3 amide bonds. The van der Waals surface area contributed by atoms with Gasteiger partial charge in [-0.05, 0) is 37.3 Å². The van der Waals surface area contributed by atoms with Crippen LogP contribution in [0.4, 0.5) is 5.69 Å². The van der Waals surface area contributed by atoms with Gasteiger partial charge in [-0.1, -0.05) is 13.0 Å². The predicted octanol–water partition coefficient (Wildman–Crippen LogP) is 2.31. The number of carbonyl (C=O) groups is 3. The summed E-state index contributed by atoms with van der Waals surface area (Å²) in [5.41, 5.74) is 1.09. The zero-order chi connectivity index (χ0) is 26.2. The summed E-state index contributed by atoms with van der Waals surface area (Å²) in [7, 11) is 4.72. The van der Waals surface area contributed by atoms with Gasteiger partial charge >= 0.3 is 0 Å². The van der Waals surface area contributed by atoms with Gasteiger partial charge in [-0.3, -0.25) is 19.4 Å². The van der Waals surface area contributed by atoms with Crippen LogP contribution in [0.25, 0.3) is 0 Å². The summed E-state index contributed by atoms with van der Waals surface area (Å²) in [6.45, 7) is 4.64. The highest BCUT2D eigenvalue weighted by molar-refractivity contribution is 5.99. The Morgan fingerprint density at radius 3 is 2.61 bits per heavy atom. The number of benzene rings is 1. The smallest absolute Gasteiger partial charge is 0.272 e. The number of aromatic nitrogens is 1. The van der Waals surface area contributed by atoms with E-state index in [2.05, 4.69) is 10.3 Å². The van der Waals surface area contributed by atoms with E-state index in [9.17, 15) is 14.4 Å². The molecule has 0 unspecified atom stereocenters. The number of rotatable bonds is 5. The molecule has 3 atom stereocenters. The van der Waals surface area contributed by atoms with Crippen LogP contribution in [0.1, 0.15) is 34.7 Å². The van der Waals surface area contributed by atoms with Crippen LogP contribution in [-0.2, 0) is 14.3 Å². The average Bonchev–Trinajstić information content (AvgIpc) is 2.88. The molecule has 0 saturated heterocycles. The first kappa shape index (κ1) is 27.1. The molecule has 0 saturated carbocycles. The molecule has 10 nitrogen and oxygen atoms in total. The highest BCUT2D eigenvalue weighted by Crippen LogP contribution is 2.26. The zero-order valence-corrected chi connectivity index (χ0v) is 21.4. The molecule has 1 N–H and O–H groups in total. The molecule has 194 valence electrons. The maximum absolute atomic E-state index is 13.4. The molecule has 0 aliphatic carbocycles. The van der Waals surface area contributed by atoms with Crippen LogP contribution in [0.2, 0.25) is 0 Å². The lowest BCUT2D eigenvalue weighted by Gasteiger charge is -2.36. The van der Waals surface area contributed by atoms with Gasteiger partial charge in [-0.15, -0.1) is 0 Å². The second kappa shape index (κ2) is 12.5. The van der Waals surface area contributed by atoms with Gasteiger partial charge in [-0.2, -0.15) is 0 Å². The molecule has 1 aromatic carbocycles. The number of likely N-dealkylation sites (N-methyl/N-ethyl adjacent to an activating group) is 1. The first-order chi connectivity index (χ1) is 17.2. The van der Waals surface area contributed by atoms with Crippen molar-refractivity contribution in [1.29, 1.82) is 0 Å². The highest BCUT2D eigenvalue weighted by Gasteiger charge is 2.31. The van der Waals surface area contributed by atoms with E-state index < -0.39 is 0 Å². The third kappa shape index (κ3) is 6.58. The van der Waals surface area contributed by atoms with Crippen molar-refractivity contribution in [3.8, 4) is 5.75 Å². The molecular weight excluding hydrogens is 464 g/mol. The Morgan fingerprint density at radius 1 is 1.17 bits per heavy atom. The van der Waals surface area contributed by atoms with Crippen LogP contribution in [0.5, 0.6) is 5.75 Å². The van der Waals surface area contributed by atoms with E-state index in [0.29, 0.717) is 35.8 Å². The highest BCUT2D eigenvalue weighted by atomic mass is 16.5. The van der Waals surface area contributed by atoms with Crippen molar-refractivity contribution in [2.75, 3.05) is 52.9 Å². The van der Waals surface area contributed by atoms with Gasteiger partial charge in [-0.25, -0.2) is 0 Å². The van der Waals surface area contributed by atoms with E-state index >= 15 is 0 Å². The zero-order valence-electron chi connectivity index (χ0n) is 21.4. The maximum Gasteiger partial charge on any atom is 0.272 e. The maximum atomic E-state index is 13.4. The van der Waals surface area contributed by atoms with Crippen LogP contribution in [-0.4, -0.2) is 92.2 Å². The molecule has 2 heterocycles. The van der Waals surface area contributed by atoms with E-state index in [0.717, 1.165) is 0 Å². The largest absolute Gasteiger partial charge is 0.491 e. The molecule has 1 aliphatic heterocycles. The van der Waals surface area contributed by atoms with E-state index in [1.54, 1.807) is 66.6 Å². The minimum atomic E-state index is -0.335. The molecule has 36 heavy (non-hydrogen) atoms. The number of carbonyl (C=O) groups excluding carboxylic acids is 3. The molecule has 0 bridgehead atoms. The Bertz CT molecular complexity index is 1060. The monoisotopic (exact) mass is 498 g/mol. The number of nitrogens with zero attached hydrogens (tertiary/aromatic N) is 3. The van der Waals surface area contributed by atoms with Crippen LogP contribution < -0.4 is 10.1 Å². The number of fused-ring (bicyclic) bond motifs is 1. The van der Waals surface area contributed by atoms with Gasteiger partial charge in [0.1, 0.15) is 24.7 Å². The number of amides is 3. The number of methoxy groups -OCH3 is 2. The topological polar surface area (TPSA) is 110 Å². The van der Waals surface area contributed by atoms with Crippen molar-refractivity contribution in [2.45, 2.75) is 26.0 Å². The Hall–Kier alpha value is -3.50. The molecule has 1 aromatic heterocycles. The van der Waals surface area contributed by atoms with Crippen molar-refractivity contribution in [1.82, 2.24) is 14.8 Å². The Morgan fingerprint density at radius 2 is 1.94 bits per heavy atom. The average molecular weight is 499 g/mol. The molecule has 10 heteroatoms. The lowest BCUT2D eigenvalue weighted by Crippen LogP contribution is -2.48. The van der Waals surface area contributed by atoms with Crippen molar-refractivity contribution < 1.29 is 28.6 Å². The summed E-state index contributed by atoms with van der Waals surface area (Å²) in [6.07, 6.45) is 1.27. The first-order valence-electron chi connectivity index (χ1n) is 11.8. The minimum absolute atomic E-state index is 0.0843. The van der Waals surface area contributed by atoms with E-state index in [1.165, 1.54) is 7.11 Å². The van der Waals surface area contributed by atoms with Gasteiger partial charge in [0, 0.05) is 52.2 Å². The quantitative estimate of drug-likeness (QED) is 0.674. The van der Waals surface area contributed by atoms with Crippen molar-refractivity contribution in [2.24, 2.45) is 5.92 Å². The summed E-state index contributed by atoms with van der Waals surface area (Å²) in [4.78, 5) is 46.3. The summed E-state index contributed by atoms with van der Waals surface area (Å²) in [5.74, 6) is -0.531. The normalized spacial score (nSPS) is 21.0. The second-order valence-electron chi connectivity index (χ2n) is 8.96. The van der Waals surface area contributed by atoms with E-state index in [4.69, 9.17) is 14.2 Å². The van der Waals surface area contributed by atoms with Gasteiger partial charge in [0.05, 0.1) is 17.7 Å². The summed E-state index contributed by atoms with van der Waals surface area (Å²) < 4.78 is 16.7. The van der Waals surface area contributed by atoms with Crippen LogP contribution in [0, 0.1) is 5.92 Å². The fourth-order valence-corrected chi connectivity index (χ4v) is 4.10. The fourth-order valence-electron chi connectivity index (χ4n) is 4.10. The molecule has 2 aromatic rings. The standard InChI is InChI=1S/C26H34N4O6/c1-17-13-30(26(33)21-8-6-7-11-27-21)18(2)15-36-22-10-9-19(28-24(31)16-34-4)12-20(22)25(32)29(3)14-23(17)35-5/h6-12,17-18,23H,13-16H2,1-5H3,(H,28,31)/t17-,18+,23-/m1/s1. The number of pyridine rings is 1. The molecular formula is C26H34N4O6. The van der Waals surface area contributed by atoms with Gasteiger partial charge < -0.3 is 29.3 Å². The third-order valence-electron chi connectivity index (χ3n) is 6.15. The lowest BCUT2D eigenvalue weighted by molar-refractivity contribution is -0.119. The molecule has 3 rings (SSSR count). The fraction of sp³-hybridized carbons (Fsp3) is 0.462. The van der Waals surface area contributed by atoms with E-state index in [1.807, 2.05) is 13.8 Å². The van der Waals surface area contributed by atoms with Gasteiger partial charge in [0.15, 0.2) is 0 Å². The number of nitrogens with one attached hydrogen (secondary N) is 1. The first-order valence-corrected chi connectivity index (χ1v) is 11.8. The molecule has 0 radical (unpaired) electrons. The Labute approximate surface area is 211 Å². The number of anilines is 1. The molecule has 1 aliphatic rings. The van der Waals surface area contributed by atoms with Crippen molar-refractivity contribution >= 4 is 23.4 Å². The number of hydrogen-bond donors (Lipinski definition) is 1. The van der Waals surface area contributed by atoms with Gasteiger partial charge in [0.25, 0.3) is 11.8 Å². The molecule has 0 fully saturated rings.